The molecule has 0 atom stereocenters. The van der Waals surface area contributed by atoms with Crippen LogP contribution in [0.25, 0.3) is 0 Å². The lowest BCUT2D eigenvalue weighted by Gasteiger charge is -2.25. The predicted molar refractivity (Wildman–Crippen MR) is 63.1 cm³/mol. The number of hydrogen-bond donors (Lipinski definition) is 1. The smallest absolute Gasteiger partial charge is 0.0591 e. The zero-order chi connectivity index (χ0) is 11.0. The average molecular weight is 222 g/mol. The zero-order valence-electron chi connectivity index (χ0n) is 9.90. The van der Waals surface area contributed by atoms with Crippen molar-refractivity contribution < 1.29 is 4.74 Å². The third-order valence-electron chi connectivity index (χ3n) is 2.02. The van der Waals surface area contributed by atoms with Gasteiger partial charge in [-0.05, 0) is 26.2 Å². The SMILES string of the molecule is CC(C)COCCNC(C)(C)CCCl. The van der Waals surface area contributed by atoms with E-state index in [4.69, 9.17) is 16.3 Å². The Labute approximate surface area is 93.4 Å². The van der Waals surface area contributed by atoms with Gasteiger partial charge in [0.2, 0.25) is 0 Å². The minimum atomic E-state index is 0.128. The fourth-order valence-corrected chi connectivity index (χ4v) is 1.58. The minimum Gasteiger partial charge on any atom is -0.380 e. The van der Waals surface area contributed by atoms with Crippen molar-refractivity contribution in [1.82, 2.24) is 5.32 Å². The number of halogens is 1. The van der Waals surface area contributed by atoms with E-state index in [-0.39, 0.29) is 5.54 Å². The Bertz CT molecular complexity index is 137. The molecule has 0 unspecified atom stereocenters. The van der Waals surface area contributed by atoms with Crippen molar-refractivity contribution in [2.45, 2.75) is 39.7 Å². The summed E-state index contributed by atoms with van der Waals surface area (Å²) in [5, 5.41) is 3.42. The van der Waals surface area contributed by atoms with Crippen molar-refractivity contribution in [3.05, 3.63) is 0 Å². The summed E-state index contributed by atoms with van der Waals surface area (Å²) in [6, 6.07) is 0. The number of hydrogen-bond acceptors (Lipinski definition) is 2. The van der Waals surface area contributed by atoms with Gasteiger partial charge in [-0.3, -0.25) is 0 Å². The van der Waals surface area contributed by atoms with Crippen LogP contribution in [0.1, 0.15) is 34.1 Å². The first kappa shape index (κ1) is 14.2. The molecular weight excluding hydrogens is 198 g/mol. The van der Waals surface area contributed by atoms with E-state index in [1.165, 1.54) is 0 Å². The molecule has 3 heteroatoms. The first-order chi connectivity index (χ1) is 6.48. The number of nitrogens with one attached hydrogen (secondary N) is 1. The van der Waals surface area contributed by atoms with Crippen molar-refractivity contribution >= 4 is 11.6 Å². The summed E-state index contributed by atoms with van der Waals surface area (Å²) in [5.74, 6) is 1.32. The van der Waals surface area contributed by atoms with E-state index in [0.29, 0.717) is 11.8 Å². The fraction of sp³-hybridized carbons (Fsp3) is 1.00. The molecule has 86 valence electrons. The normalized spacial score (nSPS) is 12.4. The van der Waals surface area contributed by atoms with E-state index < -0.39 is 0 Å². The van der Waals surface area contributed by atoms with Gasteiger partial charge < -0.3 is 10.1 Å². The summed E-state index contributed by atoms with van der Waals surface area (Å²) in [7, 11) is 0. The van der Waals surface area contributed by atoms with E-state index in [1.54, 1.807) is 0 Å². The van der Waals surface area contributed by atoms with Crippen LogP contribution in [-0.4, -0.2) is 31.2 Å². The molecular formula is C11H24ClNO. The summed E-state index contributed by atoms with van der Waals surface area (Å²) in [5.41, 5.74) is 0.128. The van der Waals surface area contributed by atoms with Gasteiger partial charge in [0.25, 0.3) is 0 Å². The number of ether oxygens (including phenoxy) is 1. The Morgan fingerprint density at radius 1 is 1.36 bits per heavy atom. The summed E-state index contributed by atoms with van der Waals surface area (Å²) < 4.78 is 5.47. The van der Waals surface area contributed by atoms with Crippen LogP contribution in [-0.2, 0) is 4.74 Å². The van der Waals surface area contributed by atoms with Crippen LogP contribution in [0.2, 0.25) is 0 Å². The highest BCUT2D eigenvalue weighted by Gasteiger charge is 2.14. The zero-order valence-corrected chi connectivity index (χ0v) is 10.7. The molecule has 0 aliphatic heterocycles. The maximum absolute atomic E-state index is 5.70. The molecule has 0 aromatic rings. The third-order valence-corrected chi connectivity index (χ3v) is 2.21. The maximum Gasteiger partial charge on any atom is 0.0591 e. The van der Waals surface area contributed by atoms with Crippen molar-refractivity contribution in [2.75, 3.05) is 25.6 Å². The van der Waals surface area contributed by atoms with E-state index >= 15 is 0 Å². The Morgan fingerprint density at radius 2 is 2.00 bits per heavy atom. The molecule has 0 aliphatic rings. The molecule has 14 heavy (non-hydrogen) atoms. The van der Waals surface area contributed by atoms with Gasteiger partial charge in [0, 0.05) is 24.6 Å². The van der Waals surface area contributed by atoms with Crippen LogP contribution in [0.4, 0.5) is 0 Å². The molecule has 1 N–H and O–H groups in total. The highest BCUT2D eigenvalue weighted by Crippen LogP contribution is 2.08. The summed E-state index contributed by atoms with van der Waals surface area (Å²) in [4.78, 5) is 0. The minimum absolute atomic E-state index is 0.128. The second-order valence-electron chi connectivity index (χ2n) is 4.72. The third kappa shape index (κ3) is 8.79. The molecule has 0 aliphatic carbocycles. The van der Waals surface area contributed by atoms with Crippen molar-refractivity contribution in [2.24, 2.45) is 5.92 Å². The molecule has 0 fully saturated rings. The van der Waals surface area contributed by atoms with Crippen molar-refractivity contribution in [3.63, 3.8) is 0 Å². The van der Waals surface area contributed by atoms with E-state index in [9.17, 15) is 0 Å². The van der Waals surface area contributed by atoms with E-state index in [0.717, 1.165) is 26.2 Å². The largest absolute Gasteiger partial charge is 0.380 e. The highest BCUT2D eigenvalue weighted by molar-refractivity contribution is 6.17. The first-order valence-corrected chi connectivity index (χ1v) is 5.90. The van der Waals surface area contributed by atoms with Gasteiger partial charge in [-0.15, -0.1) is 11.6 Å². The summed E-state index contributed by atoms with van der Waals surface area (Å²) in [6.07, 6.45) is 0.985. The van der Waals surface area contributed by atoms with Gasteiger partial charge in [-0.2, -0.15) is 0 Å². The number of alkyl halides is 1. The molecule has 0 bridgehead atoms. The molecule has 0 spiro atoms. The Balaban J connectivity index is 3.34. The molecule has 0 heterocycles. The molecule has 0 radical (unpaired) electrons. The maximum atomic E-state index is 5.70. The van der Waals surface area contributed by atoms with Crippen molar-refractivity contribution in [1.29, 1.82) is 0 Å². The van der Waals surface area contributed by atoms with Gasteiger partial charge in [0.1, 0.15) is 0 Å². The van der Waals surface area contributed by atoms with Crippen LogP contribution < -0.4 is 5.32 Å². The van der Waals surface area contributed by atoms with Crippen LogP contribution in [0.5, 0.6) is 0 Å². The van der Waals surface area contributed by atoms with Gasteiger partial charge >= 0.3 is 0 Å². The quantitative estimate of drug-likeness (QED) is 0.503. The van der Waals surface area contributed by atoms with E-state index in [1.807, 2.05) is 0 Å². The topological polar surface area (TPSA) is 21.3 Å². The summed E-state index contributed by atoms with van der Waals surface area (Å²) >= 11 is 5.70. The lowest BCUT2D eigenvalue weighted by atomic mass is 10.0. The molecule has 0 aromatic heterocycles. The van der Waals surface area contributed by atoms with Crippen LogP contribution >= 0.6 is 11.6 Å². The van der Waals surface area contributed by atoms with Crippen LogP contribution in [0.3, 0.4) is 0 Å². The monoisotopic (exact) mass is 221 g/mol. The number of rotatable bonds is 8. The van der Waals surface area contributed by atoms with Crippen LogP contribution in [0, 0.1) is 5.92 Å². The Hall–Kier alpha value is 0.210. The van der Waals surface area contributed by atoms with Gasteiger partial charge in [0.05, 0.1) is 6.61 Å². The second-order valence-corrected chi connectivity index (χ2v) is 5.10. The Morgan fingerprint density at radius 3 is 2.50 bits per heavy atom. The molecule has 2 nitrogen and oxygen atoms in total. The molecule has 0 saturated carbocycles. The first-order valence-electron chi connectivity index (χ1n) is 5.36. The molecule has 0 aromatic carbocycles. The van der Waals surface area contributed by atoms with Crippen LogP contribution in [0.15, 0.2) is 0 Å². The highest BCUT2D eigenvalue weighted by atomic mass is 35.5. The molecule has 0 saturated heterocycles. The van der Waals surface area contributed by atoms with Gasteiger partial charge in [-0.25, -0.2) is 0 Å². The van der Waals surface area contributed by atoms with Gasteiger partial charge in [-0.1, -0.05) is 13.8 Å². The fourth-order valence-electron chi connectivity index (χ4n) is 1.11. The Kier molecular flexibility index (Phi) is 7.61. The molecule has 0 rings (SSSR count). The van der Waals surface area contributed by atoms with Crippen molar-refractivity contribution in [3.8, 4) is 0 Å². The van der Waals surface area contributed by atoms with Gasteiger partial charge in [0.15, 0.2) is 0 Å². The predicted octanol–water partition coefficient (Wildman–Crippen LogP) is 2.66. The average Bonchev–Trinajstić information content (AvgIpc) is 2.02. The lowest BCUT2D eigenvalue weighted by Crippen LogP contribution is -2.41. The lowest BCUT2D eigenvalue weighted by molar-refractivity contribution is 0.107. The molecule has 0 amide bonds. The standard InChI is InChI=1S/C11H24ClNO/c1-10(2)9-14-8-7-13-11(3,4)5-6-12/h10,13H,5-9H2,1-4H3. The van der Waals surface area contributed by atoms with E-state index in [2.05, 4.69) is 33.0 Å². The second kappa shape index (κ2) is 7.49. The summed E-state index contributed by atoms with van der Waals surface area (Å²) in [6.45, 7) is 11.2.